The van der Waals surface area contributed by atoms with Crippen LogP contribution in [-0.4, -0.2) is 44.6 Å². The Morgan fingerprint density at radius 1 is 0.941 bits per heavy atom. The zero-order valence-corrected chi connectivity index (χ0v) is 9.15. The lowest BCUT2D eigenvalue weighted by Gasteiger charge is -2.07. The number of aliphatic carboxylic acids is 2. The maximum absolute atomic E-state index is 9.77. The number of aliphatic hydroxyl groups excluding tert-OH is 2. The summed E-state index contributed by atoms with van der Waals surface area (Å²) in [5, 5.41) is 32.5. The molecule has 0 saturated heterocycles. The van der Waals surface area contributed by atoms with Crippen LogP contribution in [0.1, 0.15) is 5.56 Å². The molecule has 0 aliphatic rings. The molecule has 0 amide bonds. The van der Waals surface area contributed by atoms with Crippen LogP contribution >= 0.6 is 0 Å². The highest BCUT2D eigenvalue weighted by molar-refractivity contribution is 5.83. The highest BCUT2D eigenvalue weighted by Gasteiger charge is 2.29. The molecular weight excluding hydrogens is 228 g/mol. The summed E-state index contributed by atoms with van der Waals surface area (Å²) in [7, 11) is 0. The van der Waals surface area contributed by atoms with Gasteiger partial charge in [-0.15, -0.1) is 0 Å². The fraction of sp³-hybridized carbons (Fsp3) is 0.273. The van der Waals surface area contributed by atoms with E-state index in [0.29, 0.717) is 0 Å². The van der Waals surface area contributed by atoms with Crippen molar-refractivity contribution in [2.45, 2.75) is 19.1 Å². The first-order valence-electron chi connectivity index (χ1n) is 4.69. The fourth-order valence-electron chi connectivity index (χ4n) is 0.804. The average Bonchev–Trinajstić information content (AvgIpc) is 2.28. The molecule has 0 saturated carbocycles. The number of rotatable bonds is 3. The number of aliphatic hydroxyl groups is 2. The van der Waals surface area contributed by atoms with E-state index in [2.05, 4.69) is 19.1 Å². The lowest BCUT2D eigenvalue weighted by atomic mass is 10.2. The van der Waals surface area contributed by atoms with Crippen LogP contribution in [-0.2, 0) is 9.59 Å². The standard InChI is InChI=1S/C7H8.C4H6O6/c1-7-5-3-2-4-6-7;5-1(3(7)8)2(6)4(9)10/h2-6H,1H3;1-2,5-6H,(H,7,8)(H,9,10)/t;1-,2-/m.1/s1. The third-order valence-corrected chi connectivity index (χ3v) is 1.75. The number of hydrogen-bond donors (Lipinski definition) is 4. The number of aryl methyl sites for hydroxylation is 1. The molecule has 6 nitrogen and oxygen atoms in total. The second kappa shape index (κ2) is 7.37. The van der Waals surface area contributed by atoms with Gasteiger partial charge in [-0.25, -0.2) is 9.59 Å². The summed E-state index contributed by atoms with van der Waals surface area (Å²) in [6.45, 7) is 2.08. The quantitative estimate of drug-likeness (QED) is 0.587. The zero-order chi connectivity index (χ0) is 13.4. The molecule has 6 heteroatoms. The molecule has 0 fully saturated rings. The van der Waals surface area contributed by atoms with Crippen LogP contribution in [0.15, 0.2) is 30.3 Å². The highest BCUT2D eigenvalue weighted by atomic mass is 16.4. The summed E-state index contributed by atoms with van der Waals surface area (Å²) in [6, 6.07) is 10.3. The van der Waals surface area contributed by atoms with Crippen molar-refractivity contribution in [2.75, 3.05) is 0 Å². The first kappa shape index (κ1) is 15.1. The van der Waals surface area contributed by atoms with E-state index >= 15 is 0 Å². The maximum atomic E-state index is 9.77. The first-order chi connectivity index (χ1) is 7.86. The Bertz CT molecular complexity index is 343. The van der Waals surface area contributed by atoms with E-state index in [1.54, 1.807) is 0 Å². The molecule has 0 radical (unpaired) electrons. The molecule has 0 bridgehead atoms. The molecule has 0 spiro atoms. The third kappa shape index (κ3) is 6.29. The summed E-state index contributed by atoms with van der Waals surface area (Å²) in [6.07, 6.45) is -4.53. The van der Waals surface area contributed by atoms with Crippen LogP contribution in [0, 0.1) is 6.92 Å². The van der Waals surface area contributed by atoms with Gasteiger partial charge in [-0.05, 0) is 6.92 Å². The van der Waals surface area contributed by atoms with Gasteiger partial charge in [0.05, 0.1) is 0 Å². The second-order valence-corrected chi connectivity index (χ2v) is 3.22. The molecule has 17 heavy (non-hydrogen) atoms. The van der Waals surface area contributed by atoms with Gasteiger partial charge in [0.2, 0.25) is 0 Å². The Morgan fingerprint density at radius 2 is 1.29 bits per heavy atom. The Morgan fingerprint density at radius 3 is 1.47 bits per heavy atom. The molecule has 0 aromatic heterocycles. The summed E-state index contributed by atoms with van der Waals surface area (Å²) in [5.41, 5.74) is 1.32. The van der Waals surface area contributed by atoms with Crippen molar-refractivity contribution in [3.05, 3.63) is 35.9 Å². The van der Waals surface area contributed by atoms with E-state index in [1.165, 1.54) is 5.56 Å². The molecule has 0 aliphatic carbocycles. The molecule has 0 aliphatic heterocycles. The van der Waals surface area contributed by atoms with E-state index in [0.717, 1.165) is 0 Å². The maximum Gasteiger partial charge on any atom is 0.335 e. The lowest BCUT2D eigenvalue weighted by Crippen LogP contribution is -2.39. The van der Waals surface area contributed by atoms with Gasteiger partial charge in [0, 0.05) is 0 Å². The molecule has 94 valence electrons. The van der Waals surface area contributed by atoms with E-state index in [-0.39, 0.29) is 0 Å². The molecule has 0 heterocycles. The van der Waals surface area contributed by atoms with E-state index in [1.807, 2.05) is 18.2 Å². The number of carboxylic acids is 2. The van der Waals surface area contributed by atoms with E-state index in [9.17, 15) is 9.59 Å². The van der Waals surface area contributed by atoms with Crippen molar-refractivity contribution in [1.29, 1.82) is 0 Å². The number of benzene rings is 1. The van der Waals surface area contributed by atoms with Crippen LogP contribution < -0.4 is 0 Å². The first-order valence-corrected chi connectivity index (χ1v) is 4.69. The Balaban J connectivity index is 0.000000318. The van der Waals surface area contributed by atoms with Crippen molar-refractivity contribution in [2.24, 2.45) is 0 Å². The second-order valence-electron chi connectivity index (χ2n) is 3.22. The lowest BCUT2D eigenvalue weighted by molar-refractivity contribution is -0.165. The smallest absolute Gasteiger partial charge is 0.335 e. The normalized spacial score (nSPS) is 12.9. The molecule has 1 aromatic rings. The predicted octanol–water partition coefficient (Wildman–Crippen LogP) is -0.128. The van der Waals surface area contributed by atoms with Crippen LogP contribution in [0.2, 0.25) is 0 Å². The van der Waals surface area contributed by atoms with Crippen molar-refractivity contribution < 1.29 is 30.0 Å². The third-order valence-electron chi connectivity index (χ3n) is 1.75. The SMILES string of the molecule is Cc1ccccc1.O=C(O)[C@H](O)[C@@H](O)C(=O)O. The average molecular weight is 242 g/mol. The summed E-state index contributed by atoms with van der Waals surface area (Å²) < 4.78 is 0. The van der Waals surface area contributed by atoms with Gasteiger partial charge in [0.15, 0.2) is 12.2 Å². The van der Waals surface area contributed by atoms with Gasteiger partial charge in [-0.2, -0.15) is 0 Å². The molecule has 1 aromatic carbocycles. The molecular formula is C11H14O6. The summed E-state index contributed by atoms with van der Waals surface area (Å²) in [4.78, 5) is 19.5. The van der Waals surface area contributed by atoms with Crippen molar-refractivity contribution in [3.8, 4) is 0 Å². The van der Waals surface area contributed by atoms with Crippen molar-refractivity contribution in [3.63, 3.8) is 0 Å². The Kier molecular flexibility index (Phi) is 6.54. The minimum Gasteiger partial charge on any atom is -0.479 e. The van der Waals surface area contributed by atoms with Gasteiger partial charge in [-0.1, -0.05) is 35.9 Å². The molecule has 0 unspecified atom stereocenters. The fourth-order valence-corrected chi connectivity index (χ4v) is 0.804. The monoisotopic (exact) mass is 242 g/mol. The van der Waals surface area contributed by atoms with Crippen LogP contribution in [0.25, 0.3) is 0 Å². The summed E-state index contributed by atoms with van der Waals surface area (Å²) >= 11 is 0. The van der Waals surface area contributed by atoms with Crippen LogP contribution in [0.3, 0.4) is 0 Å². The topological polar surface area (TPSA) is 115 Å². The minimum absolute atomic E-state index is 1.32. The van der Waals surface area contributed by atoms with E-state index in [4.69, 9.17) is 20.4 Å². The van der Waals surface area contributed by atoms with Crippen molar-refractivity contribution >= 4 is 11.9 Å². The van der Waals surface area contributed by atoms with Crippen LogP contribution in [0.5, 0.6) is 0 Å². The zero-order valence-electron chi connectivity index (χ0n) is 9.15. The number of carboxylic acid groups (broad SMARTS) is 2. The Labute approximate surface area is 97.8 Å². The van der Waals surface area contributed by atoms with Crippen molar-refractivity contribution in [1.82, 2.24) is 0 Å². The van der Waals surface area contributed by atoms with Gasteiger partial charge in [-0.3, -0.25) is 0 Å². The van der Waals surface area contributed by atoms with E-state index < -0.39 is 24.1 Å². The Hall–Kier alpha value is -1.92. The number of carbonyl (C=O) groups is 2. The molecule has 4 N–H and O–H groups in total. The van der Waals surface area contributed by atoms with Gasteiger partial charge < -0.3 is 20.4 Å². The van der Waals surface area contributed by atoms with Gasteiger partial charge in [0.25, 0.3) is 0 Å². The molecule has 2 atom stereocenters. The summed E-state index contributed by atoms with van der Waals surface area (Å²) in [5.74, 6) is -3.54. The van der Waals surface area contributed by atoms with Crippen LogP contribution in [0.4, 0.5) is 0 Å². The highest BCUT2D eigenvalue weighted by Crippen LogP contribution is 1.93. The largest absolute Gasteiger partial charge is 0.479 e. The predicted molar refractivity (Wildman–Crippen MR) is 58.5 cm³/mol. The van der Waals surface area contributed by atoms with Gasteiger partial charge in [0.1, 0.15) is 0 Å². The van der Waals surface area contributed by atoms with Gasteiger partial charge >= 0.3 is 11.9 Å². The number of hydrogen-bond acceptors (Lipinski definition) is 4. The molecule has 1 rings (SSSR count). The minimum atomic E-state index is -2.27.